The molecule has 0 saturated carbocycles. The van der Waals surface area contributed by atoms with E-state index in [4.69, 9.17) is 21.7 Å². The van der Waals surface area contributed by atoms with E-state index in [1.54, 1.807) is 18.2 Å². The fourth-order valence-electron chi connectivity index (χ4n) is 2.27. The van der Waals surface area contributed by atoms with Crippen LogP contribution >= 0.6 is 24.0 Å². The number of aromatic carboxylic acids is 1. The number of amides is 2. The first-order valence-electron chi connectivity index (χ1n) is 7.50. The monoisotopic (exact) mass is 404 g/mol. The molecule has 3 rings (SSSR count). The van der Waals surface area contributed by atoms with Gasteiger partial charge >= 0.3 is 5.97 Å². The van der Waals surface area contributed by atoms with E-state index in [1.807, 2.05) is 0 Å². The number of carbonyl (C=O) groups is 3. The van der Waals surface area contributed by atoms with Crippen LogP contribution in [0.3, 0.4) is 0 Å². The van der Waals surface area contributed by atoms with Crippen LogP contribution < -0.4 is 5.32 Å². The molecule has 0 radical (unpaired) electrons. The van der Waals surface area contributed by atoms with Crippen molar-refractivity contribution in [1.82, 2.24) is 4.90 Å². The molecule has 10 heteroatoms. The molecule has 0 atom stereocenters. The van der Waals surface area contributed by atoms with Gasteiger partial charge in [-0.15, -0.1) is 0 Å². The zero-order valence-electron chi connectivity index (χ0n) is 13.5. The Balaban J connectivity index is 1.67. The number of nitrogens with one attached hydrogen (secondary N) is 1. The third-order valence-corrected chi connectivity index (χ3v) is 4.88. The fraction of sp³-hybridized carbons (Fsp3) is 0.0588. The molecule has 27 heavy (non-hydrogen) atoms. The number of thiocarbonyl (C=S) groups is 1. The quantitative estimate of drug-likeness (QED) is 0.514. The van der Waals surface area contributed by atoms with Gasteiger partial charge in [-0.25, -0.2) is 4.79 Å². The summed E-state index contributed by atoms with van der Waals surface area (Å²) < 4.78 is 5.40. The summed E-state index contributed by atoms with van der Waals surface area (Å²) >= 11 is 6.21. The number of benzene rings is 1. The molecular formula is C17H12N2O6S2. The maximum Gasteiger partial charge on any atom is 0.339 e. The number of hydrogen-bond donors (Lipinski definition) is 3. The van der Waals surface area contributed by atoms with Crippen LogP contribution in [0.25, 0.3) is 6.08 Å². The van der Waals surface area contributed by atoms with E-state index in [0.29, 0.717) is 10.7 Å². The predicted molar refractivity (Wildman–Crippen MR) is 102 cm³/mol. The van der Waals surface area contributed by atoms with Crippen LogP contribution in [-0.2, 0) is 9.59 Å². The second kappa shape index (κ2) is 7.64. The van der Waals surface area contributed by atoms with Crippen molar-refractivity contribution < 1.29 is 29.0 Å². The van der Waals surface area contributed by atoms with Gasteiger partial charge in [0.25, 0.3) is 5.91 Å². The van der Waals surface area contributed by atoms with Gasteiger partial charge in [-0.2, -0.15) is 0 Å². The number of furan rings is 1. The summed E-state index contributed by atoms with van der Waals surface area (Å²) in [4.78, 5) is 37.0. The molecule has 1 aromatic heterocycles. The highest BCUT2D eigenvalue weighted by molar-refractivity contribution is 8.26. The molecule has 1 fully saturated rings. The highest BCUT2D eigenvalue weighted by Gasteiger charge is 2.33. The van der Waals surface area contributed by atoms with Gasteiger partial charge in [-0.3, -0.25) is 14.5 Å². The Morgan fingerprint density at radius 3 is 2.74 bits per heavy atom. The Morgan fingerprint density at radius 1 is 1.33 bits per heavy atom. The SMILES string of the molecule is O=C(CN1C(=O)/C(=C\c2ccco2)SC1=S)Nc1ccc(C(=O)O)c(O)c1. The molecule has 1 aliphatic heterocycles. The summed E-state index contributed by atoms with van der Waals surface area (Å²) in [5, 5.41) is 21.0. The Labute approximate surface area is 162 Å². The highest BCUT2D eigenvalue weighted by atomic mass is 32.2. The number of phenols is 1. The normalized spacial score (nSPS) is 15.4. The number of anilines is 1. The van der Waals surface area contributed by atoms with E-state index in [0.717, 1.165) is 22.7 Å². The van der Waals surface area contributed by atoms with Gasteiger partial charge < -0.3 is 19.9 Å². The van der Waals surface area contributed by atoms with E-state index in [-0.39, 0.29) is 22.1 Å². The van der Waals surface area contributed by atoms with Crippen LogP contribution in [0.4, 0.5) is 5.69 Å². The third kappa shape index (κ3) is 4.18. The summed E-state index contributed by atoms with van der Waals surface area (Å²) in [6.45, 7) is -0.318. The molecule has 1 saturated heterocycles. The van der Waals surface area contributed by atoms with Crippen LogP contribution in [0.15, 0.2) is 45.9 Å². The van der Waals surface area contributed by atoms with Crippen LogP contribution in [0, 0.1) is 0 Å². The molecule has 1 aliphatic rings. The van der Waals surface area contributed by atoms with E-state index in [1.165, 1.54) is 18.4 Å². The predicted octanol–water partition coefficient (Wildman–Crippen LogP) is 2.52. The first-order chi connectivity index (χ1) is 12.8. The zero-order chi connectivity index (χ0) is 19.6. The Bertz CT molecular complexity index is 968. The second-order valence-corrected chi connectivity index (χ2v) is 7.04. The Hall–Kier alpha value is -3.11. The number of carbonyl (C=O) groups excluding carboxylic acids is 2. The molecular weight excluding hydrogens is 392 g/mol. The van der Waals surface area contributed by atoms with Crippen molar-refractivity contribution in [2.45, 2.75) is 0 Å². The van der Waals surface area contributed by atoms with Crippen LogP contribution in [0.5, 0.6) is 5.75 Å². The molecule has 8 nitrogen and oxygen atoms in total. The van der Waals surface area contributed by atoms with E-state index in [2.05, 4.69) is 5.32 Å². The van der Waals surface area contributed by atoms with Crippen molar-refractivity contribution in [2.75, 3.05) is 11.9 Å². The van der Waals surface area contributed by atoms with Crippen molar-refractivity contribution in [3.8, 4) is 5.75 Å². The topological polar surface area (TPSA) is 120 Å². The van der Waals surface area contributed by atoms with Crippen molar-refractivity contribution in [3.63, 3.8) is 0 Å². The van der Waals surface area contributed by atoms with Gasteiger partial charge in [0, 0.05) is 17.8 Å². The van der Waals surface area contributed by atoms with E-state index < -0.39 is 23.5 Å². The Kier molecular flexibility index (Phi) is 5.28. The molecule has 0 unspecified atom stereocenters. The first-order valence-corrected chi connectivity index (χ1v) is 8.72. The smallest absolute Gasteiger partial charge is 0.339 e. The summed E-state index contributed by atoms with van der Waals surface area (Å²) in [6, 6.07) is 6.99. The number of carboxylic acid groups (broad SMARTS) is 1. The maximum absolute atomic E-state index is 12.4. The lowest BCUT2D eigenvalue weighted by Crippen LogP contribution is -2.36. The van der Waals surface area contributed by atoms with Gasteiger partial charge in [0.2, 0.25) is 5.91 Å². The molecule has 3 N–H and O–H groups in total. The third-order valence-electron chi connectivity index (χ3n) is 3.50. The van der Waals surface area contributed by atoms with Crippen molar-refractivity contribution in [3.05, 3.63) is 52.8 Å². The number of nitrogens with zero attached hydrogens (tertiary/aromatic N) is 1. The standard InChI is InChI=1S/C17H12N2O6S2/c20-12-6-9(3-4-11(12)16(23)24)18-14(21)8-19-15(22)13(27-17(19)26)7-10-2-1-5-25-10/h1-7,20H,8H2,(H,18,21)(H,23,24)/b13-7+. The zero-order valence-corrected chi connectivity index (χ0v) is 15.2. The fourth-order valence-corrected chi connectivity index (χ4v) is 3.51. The van der Waals surface area contributed by atoms with Crippen molar-refractivity contribution in [2.24, 2.45) is 0 Å². The minimum atomic E-state index is -1.29. The highest BCUT2D eigenvalue weighted by Crippen LogP contribution is 2.32. The van der Waals surface area contributed by atoms with Gasteiger partial charge in [0.15, 0.2) is 0 Å². The van der Waals surface area contributed by atoms with Crippen LogP contribution in [0.2, 0.25) is 0 Å². The minimum absolute atomic E-state index is 0.194. The van der Waals surface area contributed by atoms with Gasteiger partial charge in [0.05, 0.1) is 11.2 Å². The molecule has 2 aromatic rings. The van der Waals surface area contributed by atoms with Gasteiger partial charge in [-0.1, -0.05) is 24.0 Å². The summed E-state index contributed by atoms with van der Waals surface area (Å²) in [7, 11) is 0. The average Bonchev–Trinajstić information content (AvgIpc) is 3.19. The lowest BCUT2D eigenvalue weighted by atomic mass is 10.2. The molecule has 0 aliphatic carbocycles. The van der Waals surface area contributed by atoms with Crippen LogP contribution in [0.1, 0.15) is 16.1 Å². The number of thioether (sulfide) groups is 1. The number of rotatable bonds is 5. The summed E-state index contributed by atoms with van der Waals surface area (Å²) in [6.07, 6.45) is 3.02. The van der Waals surface area contributed by atoms with Gasteiger partial charge in [0.1, 0.15) is 27.9 Å². The summed E-state index contributed by atoms with van der Waals surface area (Å²) in [5.41, 5.74) is -0.0907. The summed E-state index contributed by atoms with van der Waals surface area (Å²) in [5.74, 6) is -2.24. The number of hydrogen-bond acceptors (Lipinski definition) is 7. The number of carboxylic acids is 1. The molecule has 1 aromatic carbocycles. The number of aromatic hydroxyl groups is 1. The lowest BCUT2D eigenvalue weighted by Gasteiger charge is -2.14. The molecule has 138 valence electrons. The molecule has 2 heterocycles. The van der Waals surface area contributed by atoms with Crippen LogP contribution in [-0.4, -0.2) is 43.8 Å². The molecule has 0 bridgehead atoms. The van der Waals surface area contributed by atoms with Gasteiger partial charge in [-0.05, 0) is 24.3 Å². The largest absolute Gasteiger partial charge is 0.507 e. The lowest BCUT2D eigenvalue weighted by molar-refractivity contribution is -0.126. The minimum Gasteiger partial charge on any atom is -0.507 e. The second-order valence-electron chi connectivity index (χ2n) is 5.37. The molecule has 2 amide bonds. The average molecular weight is 404 g/mol. The van der Waals surface area contributed by atoms with E-state index >= 15 is 0 Å². The first kappa shape index (κ1) is 18.7. The Morgan fingerprint density at radius 2 is 2.11 bits per heavy atom. The van der Waals surface area contributed by atoms with Crippen molar-refractivity contribution >= 4 is 57.8 Å². The van der Waals surface area contributed by atoms with Crippen molar-refractivity contribution in [1.29, 1.82) is 0 Å². The molecule has 0 spiro atoms. The van der Waals surface area contributed by atoms with E-state index in [9.17, 15) is 19.5 Å². The maximum atomic E-state index is 12.4.